The molecule has 0 atom stereocenters. The molecule has 0 spiro atoms. The predicted molar refractivity (Wildman–Crippen MR) is 174 cm³/mol. The monoisotopic (exact) mass is 502 g/mol. The lowest BCUT2D eigenvalue weighted by atomic mass is 9.92. The minimum absolute atomic E-state index is 1.26. The standard InChI is InChI=1S/C40H22/c1-2-8-23(9-3-1)28-13-6-12-25-18-37-36-22-27-20-34-30-15-5-11-24-10-4-14-29(38(24)30)33(34)19-26(27)21-35(36)31-16-7-17-32(39(25)28)40(31)37/h1-22H. The molecule has 0 N–H and O–H groups in total. The van der Waals surface area contributed by atoms with E-state index in [1.807, 2.05) is 0 Å². The molecule has 10 aromatic rings. The summed E-state index contributed by atoms with van der Waals surface area (Å²) in [6.45, 7) is 0. The van der Waals surface area contributed by atoms with Crippen LogP contribution in [-0.4, -0.2) is 0 Å². The summed E-state index contributed by atoms with van der Waals surface area (Å²) in [7, 11) is 0. The van der Waals surface area contributed by atoms with Crippen molar-refractivity contribution in [3.05, 3.63) is 133 Å². The number of rotatable bonds is 1. The van der Waals surface area contributed by atoms with Gasteiger partial charge in [-0.15, -0.1) is 0 Å². The Bertz CT molecular complexity index is 2620. The highest BCUT2D eigenvalue weighted by molar-refractivity contribution is 6.38. The van der Waals surface area contributed by atoms with Crippen LogP contribution in [-0.2, 0) is 0 Å². The molecular weight excluding hydrogens is 480 g/mol. The Morgan fingerprint density at radius 1 is 0.250 bits per heavy atom. The second-order valence-corrected chi connectivity index (χ2v) is 11.3. The van der Waals surface area contributed by atoms with Gasteiger partial charge in [-0.05, 0) is 128 Å². The van der Waals surface area contributed by atoms with Crippen molar-refractivity contribution in [3.8, 4) is 11.1 Å². The molecule has 40 heavy (non-hydrogen) atoms. The lowest BCUT2D eigenvalue weighted by Gasteiger charge is -2.11. The van der Waals surface area contributed by atoms with Gasteiger partial charge < -0.3 is 0 Å². The van der Waals surface area contributed by atoms with Crippen LogP contribution in [0.3, 0.4) is 0 Å². The Morgan fingerprint density at radius 3 is 1.43 bits per heavy atom. The molecule has 0 heteroatoms. The maximum absolute atomic E-state index is 2.44. The first-order valence-electron chi connectivity index (χ1n) is 14.0. The molecule has 0 aliphatic rings. The van der Waals surface area contributed by atoms with E-state index in [1.165, 1.54) is 97.3 Å². The van der Waals surface area contributed by atoms with Gasteiger partial charge in [-0.1, -0.05) is 103 Å². The second-order valence-electron chi connectivity index (χ2n) is 11.3. The third kappa shape index (κ3) is 2.52. The van der Waals surface area contributed by atoms with Crippen molar-refractivity contribution in [2.45, 2.75) is 0 Å². The van der Waals surface area contributed by atoms with Gasteiger partial charge in [-0.25, -0.2) is 0 Å². The van der Waals surface area contributed by atoms with Gasteiger partial charge in [0, 0.05) is 0 Å². The maximum atomic E-state index is 2.44. The Hall–Kier alpha value is -5.20. The van der Waals surface area contributed by atoms with Gasteiger partial charge in [0.15, 0.2) is 0 Å². The summed E-state index contributed by atoms with van der Waals surface area (Å²) in [5, 5.41) is 21.5. The minimum Gasteiger partial charge on any atom is -0.0622 e. The van der Waals surface area contributed by atoms with E-state index in [2.05, 4.69) is 133 Å². The van der Waals surface area contributed by atoms with Gasteiger partial charge in [0.05, 0.1) is 0 Å². The van der Waals surface area contributed by atoms with Gasteiger partial charge in [-0.2, -0.15) is 0 Å². The summed E-state index contributed by atoms with van der Waals surface area (Å²) in [6, 6.07) is 49.9. The summed E-state index contributed by atoms with van der Waals surface area (Å²) >= 11 is 0. The highest BCUT2D eigenvalue weighted by Gasteiger charge is 2.18. The smallest absolute Gasteiger partial charge is 0.00197 e. The van der Waals surface area contributed by atoms with E-state index >= 15 is 0 Å². The molecule has 0 aromatic heterocycles. The molecular formula is C40H22. The van der Waals surface area contributed by atoms with Crippen LogP contribution < -0.4 is 0 Å². The van der Waals surface area contributed by atoms with Crippen LogP contribution in [0.2, 0.25) is 0 Å². The summed E-state index contributed by atoms with van der Waals surface area (Å²) in [4.78, 5) is 0. The van der Waals surface area contributed by atoms with Crippen LogP contribution in [0.1, 0.15) is 0 Å². The predicted octanol–water partition coefficient (Wildman–Crippen LogP) is 11.5. The first-order valence-corrected chi connectivity index (χ1v) is 14.0. The van der Waals surface area contributed by atoms with E-state index in [9.17, 15) is 0 Å². The molecule has 10 aromatic carbocycles. The van der Waals surface area contributed by atoms with Gasteiger partial charge >= 0.3 is 0 Å². The first-order chi connectivity index (χ1) is 19.8. The van der Waals surface area contributed by atoms with Crippen LogP contribution >= 0.6 is 0 Å². The molecule has 0 fully saturated rings. The van der Waals surface area contributed by atoms with E-state index < -0.39 is 0 Å². The summed E-state index contributed by atoms with van der Waals surface area (Å²) in [6.07, 6.45) is 0. The molecule has 0 unspecified atom stereocenters. The van der Waals surface area contributed by atoms with Gasteiger partial charge in [-0.3, -0.25) is 0 Å². The number of hydrogen-bond donors (Lipinski definition) is 0. The number of hydrogen-bond acceptors (Lipinski definition) is 0. The summed E-state index contributed by atoms with van der Waals surface area (Å²) in [5.74, 6) is 0. The van der Waals surface area contributed by atoms with E-state index in [-0.39, 0.29) is 0 Å². The lowest BCUT2D eigenvalue weighted by Crippen LogP contribution is -1.84. The molecule has 0 saturated heterocycles. The van der Waals surface area contributed by atoms with Gasteiger partial charge in [0.25, 0.3) is 0 Å². The van der Waals surface area contributed by atoms with E-state index in [0.717, 1.165) is 0 Å². The van der Waals surface area contributed by atoms with Crippen molar-refractivity contribution >= 4 is 86.2 Å². The molecule has 0 amide bonds. The lowest BCUT2D eigenvalue weighted by molar-refractivity contribution is 1.66. The molecule has 0 heterocycles. The zero-order valence-corrected chi connectivity index (χ0v) is 21.7. The van der Waals surface area contributed by atoms with Gasteiger partial charge in [0.2, 0.25) is 0 Å². The molecule has 0 radical (unpaired) electrons. The van der Waals surface area contributed by atoms with E-state index in [1.54, 1.807) is 0 Å². The third-order valence-corrected chi connectivity index (χ3v) is 9.26. The highest BCUT2D eigenvalue weighted by atomic mass is 14.2. The van der Waals surface area contributed by atoms with Crippen molar-refractivity contribution in [1.29, 1.82) is 0 Å². The summed E-state index contributed by atoms with van der Waals surface area (Å²) in [5.41, 5.74) is 2.56. The number of fused-ring (bicyclic) bond motifs is 9. The normalized spacial score (nSPS) is 12.5. The molecule has 182 valence electrons. The zero-order chi connectivity index (χ0) is 25.9. The number of benzene rings is 8. The zero-order valence-electron chi connectivity index (χ0n) is 21.7. The Kier molecular flexibility index (Phi) is 3.76. The third-order valence-electron chi connectivity index (χ3n) is 9.26. The van der Waals surface area contributed by atoms with Crippen molar-refractivity contribution in [1.82, 2.24) is 0 Å². The fourth-order valence-electron chi connectivity index (χ4n) is 7.60. The van der Waals surface area contributed by atoms with Crippen LogP contribution in [0, 0.1) is 0 Å². The first kappa shape index (κ1) is 20.7. The fourth-order valence-corrected chi connectivity index (χ4v) is 7.60. The molecule has 0 aliphatic carbocycles. The topological polar surface area (TPSA) is 0 Å². The largest absolute Gasteiger partial charge is 0.0622 e. The second kappa shape index (κ2) is 7.25. The van der Waals surface area contributed by atoms with Crippen LogP contribution in [0.4, 0.5) is 0 Å². The quantitative estimate of drug-likeness (QED) is 0.196. The van der Waals surface area contributed by atoms with Crippen LogP contribution in [0.5, 0.6) is 0 Å². The van der Waals surface area contributed by atoms with E-state index in [4.69, 9.17) is 0 Å². The Labute approximate surface area is 230 Å². The molecule has 10 rings (SSSR count). The molecule has 0 bridgehead atoms. The average Bonchev–Trinajstić information content (AvgIpc) is 3.49. The SMILES string of the molecule is c1ccc(-c2cccc3cc4c5cc6cc7c(cc6cc5c5cccc(c23)c54)c2cccc3cccc7c32)cc1. The van der Waals surface area contributed by atoms with Crippen LogP contribution in [0.25, 0.3) is 97.3 Å². The maximum Gasteiger partial charge on any atom is -0.00197 e. The van der Waals surface area contributed by atoms with Crippen molar-refractivity contribution in [2.24, 2.45) is 0 Å². The Morgan fingerprint density at radius 2 is 0.750 bits per heavy atom. The molecule has 0 nitrogen and oxygen atoms in total. The van der Waals surface area contributed by atoms with Crippen molar-refractivity contribution < 1.29 is 0 Å². The Balaban J connectivity index is 1.36. The summed E-state index contributed by atoms with van der Waals surface area (Å²) < 4.78 is 0. The van der Waals surface area contributed by atoms with Crippen molar-refractivity contribution in [3.63, 3.8) is 0 Å². The highest BCUT2D eigenvalue weighted by Crippen LogP contribution is 2.46. The van der Waals surface area contributed by atoms with Gasteiger partial charge in [0.1, 0.15) is 0 Å². The average molecular weight is 503 g/mol. The van der Waals surface area contributed by atoms with Crippen LogP contribution in [0.15, 0.2) is 133 Å². The van der Waals surface area contributed by atoms with E-state index in [0.29, 0.717) is 0 Å². The minimum atomic E-state index is 1.26. The molecule has 0 aliphatic heterocycles. The fraction of sp³-hybridized carbons (Fsp3) is 0. The molecule has 0 saturated carbocycles. The van der Waals surface area contributed by atoms with Crippen molar-refractivity contribution in [2.75, 3.05) is 0 Å².